The number of aromatic nitrogens is 1. The number of rotatable bonds is 4. The Balaban J connectivity index is 2.50. The summed E-state index contributed by atoms with van der Waals surface area (Å²) in [6, 6.07) is 3.85. The van der Waals surface area contributed by atoms with Crippen LogP contribution in [0.5, 0.6) is 5.75 Å². The Kier molecular flexibility index (Phi) is 4.22. The largest absolute Gasteiger partial charge is 0.493 e. The van der Waals surface area contributed by atoms with Gasteiger partial charge in [-0.1, -0.05) is 11.6 Å². The molecule has 3 nitrogen and oxygen atoms in total. The van der Waals surface area contributed by atoms with Crippen LogP contribution in [0.1, 0.15) is 17.5 Å². The lowest BCUT2D eigenvalue weighted by molar-refractivity contribution is 0.341. The molecule has 2 N–H and O–H groups in total. The van der Waals surface area contributed by atoms with Crippen LogP contribution in [0.25, 0.3) is 11.3 Å². The van der Waals surface area contributed by atoms with Gasteiger partial charge < -0.3 is 10.5 Å². The second-order valence-electron chi connectivity index (χ2n) is 3.86. The highest BCUT2D eigenvalue weighted by atomic mass is 35.5. The average Bonchev–Trinajstić information content (AvgIpc) is 2.82. The fourth-order valence-corrected chi connectivity index (χ4v) is 2.50. The van der Waals surface area contributed by atoms with Crippen molar-refractivity contribution in [3.8, 4) is 17.0 Å². The van der Waals surface area contributed by atoms with E-state index in [1.165, 1.54) is 0 Å². The van der Waals surface area contributed by atoms with Crippen LogP contribution in [0.4, 0.5) is 0 Å². The average molecular weight is 283 g/mol. The highest BCUT2D eigenvalue weighted by molar-refractivity contribution is 7.09. The lowest BCUT2D eigenvalue weighted by Crippen LogP contribution is -1.97. The zero-order chi connectivity index (χ0) is 13.1. The second-order valence-corrected chi connectivity index (χ2v) is 5.21. The van der Waals surface area contributed by atoms with Crippen molar-refractivity contribution in [2.45, 2.75) is 20.4 Å². The van der Waals surface area contributed by atoms with Gasteiger partial charge in [-0.2, -0.15) is 0 Å². The lowest BCUT2D eigenvalue weighted by atomic mass is 10.1. The first-order chi connectivity index (χ1) is 8.65. The van der Waals surface area contributed by atoms with Gasteiger partial charge in [0.05, 0.1) is 12.3 Å². The second kappa shape index (κ2) is 5.69. The van der Waals surface area contributed by atoms with E-state index in [-0.39, 0.29) is 0 Å². The molecule has 0 aliphatic rings. The highest BCUT2D eigenvalue weighted by Gasteiger charge is 2.12. The number of benzene rings is 1. The molecule has 0 unspecified atom stereocenters. The molecule has 0 aliphatic carbocycles. The topological polar surface area (TPSA) is 48.1 Å². The Hall–Kier alpha value is -1.10. The van der Waals surface area contributed by atoms with Crippen LogP contribution < -0.4 is 10.5 Å². The molecule has 0 bridgehead atoms. The minimum Gasteiger partial charge on any atom is -0.493 e. The number of aryl methyl sites for hydroxylation is 1. The zero-order valence-electron chi connectivity index (χ0n) is 10.4. The third-order valence-electron chi connectivity index (χ3n) is 2.56. The summed E-state index contributed by atoms with van der Waals surface area (Å²) in [5.41, 5.74) is 8.37. The molecular weight excluding hydrogens is 268 g/mol. The van der Waals surface area contributed by atoms with Crippen molar-refractivity contribution in [2.75, 3.05) is 6.61 Å². The Morgan fingerprint density at radius 2 is 2.22 bits per heavy atom. The van der Waals surface area contributed by atoms with Crippen LogP contribution in [0.15, 0.2) is 17.5 Å². The van der Waals surface area contributed by atoms with Gasteiger partial charge in [0.15, 0.2) is 0 Å². The fourth-order valence-electron chi connectivity index (χ4n) is 1.66. The number of halogens is 1. The molecule has 0 aliphatic heterocycles. The molecule has 0 fully saturated rings. The molecule has 0 atom stereocenters. The number of hydrogen-bond donors (Lipinski definition) is 1. The lowest BCUT2D eigenvalue weighted by Gasteiger charge is -2.10. The SMILES string of the molecule is CCOc1cc(C)c(Cl)cc1-c1csc(CN)n1. The number of nitrogens with zero attached hydrogens (tertiary/aromatic N) is 1. The van der Waals surface area contributed by atoms with Crippen LogP contribution in [0.3, 0.4) is 0 Å². The predicted molar refractivity (Wildman–Crippen MR) is 76.4 cm³/mol. The zero-order valence-corrected chi connectivity index (χ0v) is 11.9. The van der Waals surface area contributed by atoms with Crippen molar-refractivity contribution in [2.24, 2.45) is 5.73 Å². The van der Waals surface area contributed by atoms with Crippen LogP contribution in [0.2, 0.25) is 5.02 Å². The first-order valence-corrected chi connectivity index (χ1v) is 6.99. The van der Waals surface area contributed by atoms with Crippen molar-refractivity contribution < 1.29 is 4.74 Å². The highest BCUT2D eigenvalue weighted by Crippen LogP contribution is 2.35. The molecule has 96 valence electrons. The summed E-state index contributed by atoms with van der Waals surface area (Å²) in [7, 11) is 0. The van der Waals surface area contributed by atoms with Gasteiger partial charge in [0, 0.05) is 22.5 Å². The standard InChI is InChI=1S/C13H15ClN2OS/c1-3-17-12-4-8(2)10(14)5-9(12)11-7-18-13(6-15)16-11/h4-5,7H,3,6,15H2,1-2H3. The van der Waals surface area contributed by atoms with Gasteiger partial charge in [0.1, 0.15) is 10.8 Å². The maximum absolute atomic E-state index is 6.17. The molecule has 0 saturated heterocycles. The maximum atomic E-state index is 6.17. The summed E-state index contributed by atoms with van der Waals surface area (Å²) in [5.74, 6) is 0.813. The van der Waals surface area contributed by atoms with E-state index in [1.54, 1.807) is 11.3 Å². The number of ether oxygens (including phenoxy) is 1. The molecule has 18 heavy (non-hydrogen) atoms. The smallest absolute Gasteiger partial charge is 0.129 e. The number of nitrogens with two attached hydrogens (primary N) is 1. The normalized spacial score (nSPS) is 10.7. The van der Waals surface area contributed by atoms with E-state index in [1.807, 2.05) is 31.4 Å². The molecule has 0 saturated carbocycles. The first kappa shape index (κ1) is 13.3. The molecule has 1 aromatic carbocycles. The molecule has 2 rings (SSSR count). The van der Waals surface area contributed by atoms with Gasteiger partial charge in [0.25, 0.3) is 0 Å². The third-order valence-corrected chi connectivity index (χ3v) is 3.84. The minimum absolute atomic E-state index is 0.453. The van der Waals surface area contributed by atoms with E-state index in [4.69, 9.17) is 22.1 Å². The van der Waals surface area contributed by atoms with E-state index in [9.17, 15) is 0 Å². The van der Waals surface area contributed by atoms with E-state index >= 15 is 0 Å². The molecule has 0 radical (unpaired) electrons. The molecule has 1 aromatic heterocycles. The van der Waals surface area contributed by atoms with Crippen LogP contribution in [-0.2, 0) is 6.54 Å². The van der Waals surface area contributed by atoms with E-state index in [0.717, 1.165) is 32.6 Å². The number of hydrogen-bond acceptors (Lipinski definition) is 4. The van der Waals surface area contributed by atoms with Crippen LogP contribution in [-0.4, -0.2) is 11.6 Å². The van der Waals surface area contributed by atoms with Gasteiger partial charge in [-0.15, -0.1) is 11.3 Å². The molecule has 0 spiro atoms. The summed E-state index contributed by atoms with van der Waals surface area (Å²) >= 11 is 7.72. The van der Waals surface area contributed by atoms with Crippen molar-refractivity contribution in [1.82, 2.24) is 4.98 Å². The summed E-state index contributed by atoms with van der Waals surface area (Å²) in [4.78, 5) is 4.47. The van der Waals surface area contributed by atoms with Gasteiger partial charge >= 0.3 is 0 Å². The Morgan fingerprint density at radius 3 is 2.83 bits per heavy atom. The fraction of sp³-hybridized carbons (Fsp3) is 0.308. The maximum Gasteiger partial charge on any atom is 0.129 e. The Bertz CT molecular complexity index is 554. The van der Waals surface area contributed by atoms with Crippen LogP contribution >= 0.6 is 22.9 Å². The summed E-state index contributed by atoms with van der Waals surface area (Å²) in [6.45, 7) is 4.98. The molecule has 1 heterocycles. The Morgan fingerprint density at radius 1 is 1.44 bits per heavy atom. The molecule has 2 aromatic rings. The monoisotopic (exact) mass is 282 g/mol. The van der Waals surface area contributed by atoms with Crippen molar-refractivity contribution in [3.05, 3.63) is 33.1 Å². The first-order valence-electron chi connectivity index (χ1n) is 5.73. The van der Waals surface area contributed by atoms with Gasteiger partial charge in [-0.05, 0) is 31.5 Å². The van der Waals surface area contributed by atoms with Crippen LogP contribution in [0, 0.1) is 6.92 Å². The van der Waals surface area contributed by atoms with Crippen molar-refractivity contribution in [3.63, 3.8) is 0 Å². The van der Waals surface area contributed by atoms with Gasteiger partial charge in [-0.25, -0.2) is 4.98 Å². The number of thiazole rings is 1. The molecular formula is C13H15ClN2OS. The summed E-state index contributed by atoms with van der Waals surface area (Å²) in [5, 5.41) is 3.60. The van der Waals surface area contributed by atoms with E-state index < -0.39 is 0 Å². The van der Waals surface area contributed by atoms with Gasteiger partial charge in [0.2, 0.25) is 0 Å². The molecule has 0 amide bonds. The minimum atomic E-state index is 0.453. The third kappa shape index (κ3) is 2.66. The van der Waals surface area contributed by atoms with Crippen molar-refractivity contribution >= 4 is 22.9 Å². The summed E-state index contributed by atoms with van der Waals surface area (Å²) in [6.07, 6.45) is 0. The Labute approximate surface area is 116 Å². The van der Waals surface area contributed by atoms with E-state index in [0.29, 0.717) is 13.2 Å². The van der Waals surface area contributed by atoms with Gasteiger partial charge in [-0.3, -0.25) is 0 Å². The molecule has 5 heteroatoms. The van der Waals surface area contributed by atoms with E-state index in [2.05, 4.69) is 4.98 Å². The van der Waals surface area contributed by atoms with Crippen molar-refractivity contribution in [1.29, 1.82) is 0 Å². The predicted octanol–water partition coefficient (Wildman–Crippen LogP) is 3.63. The summed E-state index contributed by atoms with van der Waals surface area (Å²) < 4.78 is 5.64. The quantitative estimate of drug-likeness (QED) is 0.931.